The number of carbonyl (C=O) groups is 1. The van der Waals surface area contributed by atoms with Gasteiger partial charge in [0, 0.05) is 13.1 Å². The third-order valence-corrected chi connectivity index (χ3v) is 3.64. The second-order valence-electron chi connectivity index (χ2n) is 5.23. The van der Waals surface area contributed by atoms with Crippen molar-refractivity contribution < 1.29 is 4.79 Å². The molecule has 5 heteroatoms. The number of carbonyl (C=O) groups excluding carboxylic acids is 1. The lowest BCUT2D eigenvalue weighted by molar-refractivity contribution is -0.115. The molecule has 1 atom stereocenters. The minimum atomic E-state index is -0.0584. The number of anilines is 1. The Bertz CT molecular complexity index is 619. The summed E-state index contributed by atoms with van der Waals surface area (Å²) in [4.78, 5) is 12.1. The van der Waals surface area contributed by atoms with Gasteiger partial charge in [0.1, 0.15) is 0 Å². The molecule has 2 N–H and O–H groups in total. The summed E-state index contributed by atoms with van der Waals surface area (Å²) in [5.74, 6) is -0.0584. The van der Waals surface area contributed by atoms with Gasteiger partial charge in [-0.2, -0.15) is 5.10 Å². The number of hydrogen-bond acceptors (Lipinski definition) is 3. The minimum Gasteiger partial charge on any atom is -0.322 e. The van der Waals surface area contributed by atoms with Gasteiger partial charge in [0.05, 0.1) is 23.6 Å². The van der Waals surface area contributed by atoms with E-state index in [1.807, 2.05) is 58.2 Å². The van der Waals surface area contributed by atoms with Crippen LogP contribution in [0.3, 0.4) is 0 Å². The van der Waals surface area contributed by atoms with E-state index in [9.17, 15) is 4.79 Å². The molecular weight excluding hydrogens is 264 g/mol. The maximum Gasteiger partial charge on any atom is 0.238 e. The number of nitrogens with one attached hydrogen (secondary N) is 2. The molecule has 112 valence electrons. The number of nitrogens with zero attached hydrogens (tertiary/aromatic N) is 2. The van der Waals surface area contributed by atoms with E-state index in [0.717, 1.165) is 17.1 Å². The van der Waals surface area contributed by atoms with Gasteiger partial charge in [0.25, 0.3) is 0 Å². The number of benzene rings is 1. The van der Waals surface area contributed by atoms with Gasteiger partial charge in [-0.05, 0) is 26.3 Å². The number of hydrogen-bond donors (Lipinski definition) is 2. The molecule has 21 heavy (non-hydrogen) atoms. The van der Waals surface area contributed by atoms with Crippen LogP contribution in [0.15, 0.2) is 30.3 Å². The normalized spacial score (nSPS) is 12.2. The van der Waals surface area contributed by atoms with Crippen molar-refractivity contribution in [2.24, 2.45) is 7.05 Å². The lowest BCUT2D eigenvalue weighted by Gasteiger charge is -2.14. The molecule has 1 heterocycles. The lowest BCUT2D eigenvalue weighted by atomic mass is 10.1. The van der Waals surface area contributed by atoms with Crippen LogP contribution in [0.25, 0.3) is 0 Å². The van der Waals surface area contributed by atoms with Crippen LogP contribution in [0.1, 0.15) is 29.9 Å². The summed E-state index contributed by atoms with van der Waals surface area (Å²) in [5, 5.41) is 10.4. The Morgan fingerprint density at radius 3 is 2.52 bits per heavy atom. The molecule has 2 aromatic rings. The molecule has 0 fully saturated rings. The standard InChI is InChI=1S/C16H22N4O/c1-11(14-8-6-5-7-9-14)17-10-15(21)18-16-12(2)19-20(4)13(16)3/h5-9,11,17H,10H2,1-4H3,(H,18,21)/t11-/m1/s1. The highest BCUT2D eigenvalue weighted by Gasteiger charge is 2.13. The van der Waals surface area contributed by atoms with Crippen LogP contribution in [0.4, 0.5) is 5.69 Å². The van der Waals surface area contributed by atoms with Crippen molar-refractivity contribution in [1.29, 1.82) is 0 Å². The summed E-state index contributed by atoms with van der Waals surface area (Å²) in [6.45, 7) is 6.14. The van der Waals surface area contributed by atoms with Crippen molar-refractivity contribution in [3.63, 3.8) is 0 Å². The molecule has 0 aliphatic heterocycles. The number of aryl methyl sites for hydroxylation is 2. The molecule has 2 rings (SSSR count). The van der Waals surface area contributed by atoms with Crippen molar-refractivity contribution in [1.82, 2.24) is 15.1 Å². The molecule has 5 nitrogen and oxygen atoms in total. The zero-order valence-corrected chi connectivity index (χ0v) is 13.0. The fourth-order valence-electron chi connectivity index (χ4n) is 2.24. The Balaban J connectivity index is 1.91. The van der Waals surface area contributed by atoms with Crippen molar-refractivity contribution >= 4 is 11.6 Å². The molecule has 0 spiro atoms. The molecule has 1 aromatic heterocycles. The highest BCUT2D eigenvalue weighted by molar-refractivity contribution is 5.93. The number of aromatic nitrogens is 2. The first-order valence-electron chi connectivity index (χ1n) is 7.07. The van der Waals surface area contributed by atoms with Gasteiger partial charge in [0.15, 0.2) is 0 Å². The van der Waals surface area contributed by atoms with Crippen LogP contribution in [0, 0.1) is 13.8 Å². The fourth-order valence-corrected chi connectivity index (χ4v) is 2.24. The molecule has 0 radical (unpaired) electrons. The van der Waals surface area contributed by atoms with Crippen molar-refractivity contribution in [2.45, 2.75) is 26.8 Å². The first-order chi connectivity index (χ1) is 9.99. The Morgan fingerprint density at radius 2 is 1.95 bits per heavy atom. The highest BCUT2D eigenvalue weighted by atomic mass is 16.1. The Hall–Kier alpha value is -2.14. The van der Waals surface area contributed by atoms with Gasteiger partial charge in [0.2, 0.25) is 5.91 Å². The predicted octanol–water partition coefficient (Wildman–Crippen LogP) is 2.33. The molecular formula is C16H22N4O. The second kappa shape index (κ2) is 6.54. The van der Waals surface area contributed by atoms with E-state index in [4.69, 9.17) is 0 Å². The smallest absolute Gasteiger partial charge is 0.238 e. The van der Waals surface area contributed by atoms with Crippen LogP contribution in [-0.2, 0) is 11.8 Å². The molecule has 1 amide bonds. The second-order valence-corrected chi connectivity index (χ2v) is 5.23. The van der Waals surface area contributed by atoms with E-state index in [1.165, 1.54) is 5.56 Å². The molecule has 0 aliphatic carbocycles. The van der Waals surface area contributed by atoms with E-state index in [-0.39, 0.29) is 18.5 Å². The highest BCUT2D eigenvalue weighted by Crippen LogP contribution is 2.18. The van der Waals surface area contributed by atoms with Gasteiger partial charge >= 0.3 is 0 Å². The summed E-state index contributed by atoms with van der Waals surface area (Å²) in [7, 11) is 1.87. The summed E-state index contributed by atoms with van der Waals surface area (Å²) in [6.07, 6.45) is 0. The van der Waals surface area contributed by atoms with Gasteiger partial charge in [-0.3, -0.25) is 9.48 Å². The zero-order valence-electron chi connectivity index (χ0n) is 13.0. The van der Waals surface area contributed by atoms with Crippen LogP contribution in [0.2, 0.25) is 0 Å². The Labute approximate surface area is 125 Å². The third kappa shape index (κ3) is 3.70. The number of amides is 1. The van der Waals surface area contributed by atoms with Crippen LogP contribution in [-0.4, -0.2) is 22.2 Å². The summed E-state index contributed by atoms with van der Waals surface area (Å²) in [6, 6.07) is 10.2. The molecule has 1 aromatic carbocycles. The van der Waals surface area contributed by atoms with Crippen molar-refractivity contribution in [2.75, 3.05) is 11.9 Å². The molecule has 0 aliphatic rings. The number of rotatable bonds is 5. The maximum atomic E-state index is 12.1. The molecule has 0 bridgehead atoms. The molecule has 0 saturated carbocycles. The van der Waals surface area contributed by atoms with Gasteiger partial charge in [-0.15, -0.1) is 0 Å². The lowest BCUT2D eigenvalue weighted by Crippen LogP contribution is -2.30. The average Bonchev–Trinajstić information content (AvgIpc) is 2.72. The van der Waals surface area contributed by atoms with Crippen LogP contribution < -0.4 is 10.6 Å². The molecule has 0 saturated heterocycles. The topological polar surface area (TPSA) is 59.0 Å². The van der Waals surface area contributed by atoms with E-state index >= 15 is 0 Å². The van der Waals surface area contributed by atoms with Gasteiger partial charge < -0.3 is 10.6 Å². The SMILES string of the molecule is Cc1nn(C)c(C)c1NC(=O)CN[C@H](C)c1ccccc1. The van der Waals surface area contributed by atoms with Gasteiger partial charge in [-0.1, -0.05) is 30.3 Å². The van der Waals surface area contributed by atoms with Crippen LogP contribution in [0.5, 0.6) is 0 Å². The Kier molecular flexibility index (Phi) is 4.75. The summed E-state index contributed by atoms with van der Waals surface area (Å²) >= 11 is 0. The van der Waals surface area contributed by atoms with Gasteiger partial charge in [-0.25, -0.2) is 0 Å². The fraction of sp³-hybridized carbons (Fsp3) is 0.375. The van der Waals surface area contributed by atoms with E-state index in [1.54, 1.807) is 4.68 Å². The minimum absolute atomic E-state index is 0.0584. The van der Waals surface area contributed by atoms with Crippen molar-refractivity contribution in [3.8, 4) is 0 Å². The summed E-state index contributed by atoms with van der Waals surface area (Å²) < 4.78 is 1.77. The monoisotopic (exact) mass is 286 g/mol. The molecule has 0 unspecified atom stereocenters. The van der Waals surface area contributed by atoms with Crippen LogP contribution >= 0.6 is 0 Å². The van der Waals surface area contributed by atoms with E-state index < -0.39 is 0 Å². The first-order valence-corrected chi connectivity index (χ1v) is 7.07. The quantitative estimate of drug-likeness (QED) is 0.887. The maximum absolute atomic E-state index is 12.1. The average molecular weight is 286 g/mol. The largest absolute Gasteiger partial charge is 0.322 e. The predicted molar refractivity (Wildman–Crippen MR) is 84.2 cm³/mol. The third-order valence-electron chi connectivity index (χ3n) is 3.64. The van der Waals surface area contributed by atoms with E-state index in [0.29, 0.717) is 0 Å². The summed E-state index contributed by atoms with van der Waals surface area (Å²) in [5.41, 5.74) is 3.76. The van der Waals surface area contributed by atoms with Crippen molar-refractivity contribution in [3.05, 3.63) is 47.3 Å². The van der Waals surface area contributed by atoms with E-state index in [2.05, 4.69) is 15.7 Å². The zero-order chi connectivity index (χ0) is 15.4. The first kappa shape index (κ1) is 15.3. The Morgan fingerprint density at radius 1 is 1.29 bits per heavy atom.